The number of carbonyl (C=O) groups is 1. The zero-order chi connectivity index (χ0) is 18.2. The highest BCUT2D eigenvalue weighted by Gasteiger charge is 2.05. The van der Waals surface area contributed by atoms with Gasteiger partial charge in [-0.05, 0) is 37.3 Å². The lowest BCUT2D eigenvalue weighted by Crippen LogP contribution is -2.07. The Labute approximate surface area is 153 Å². The largest absolute Gasteiger partial charge is 0.481 e. The molecular formula is C22H35NO2. The summed E-state index contributed by atoms with van der Waals surface area (Å²) in [6, 6.07) is 7.65. The van der Waals surface area contributed by atoms with Crippen LogP contribution < -0.4 is 5.32 Å². The van der Waals surface area contributed by atoms with Gasteiger partial charge in [0.1, 0.15) is 0 Å². The molecule has 0 aromatic heterocycles. The maximum atomic E-state index is 10.9. The normalized spacial score (nSPS) is 11.1. The molecular weight excluding hydrogens is 310 g/mol. The van der Waals surface area contributed by atoms with Gasteiger partial charge >= 0.3 is 5.97 Å². The van der Waals surface area contributed by atoms with Gasteiger partial charge in [-0.3, -0.25) is 4.79 Å². The van der Waals surface area contributed by atoms with Gasteiger partial charge in [0.2, 0.25) is 0 Å². The Bertz CT molecular complexity index is 497. The number of allylic oxidation sites excluding steroid dienone is 2. The Kier molecular flexibility index (Phi) is 12.4. The third-order valence-corrected chi connectivity index (χ3v) is 4.36. The molecule has 0 aliphatic rings. The highest BCUT2D eigenvalue weighted by Crippen LogP contribution is 2.16. The number of benzene rings is 1. The van der Waals surface area contributed by atoms with Crippen LogP contribution in [0.4, 0.5) is 5.69 Å². The first kappa shape index (κ1) is 21.3. The lowest BCUT2D eigenvalue weighted by Gasteiger charge is -2.10. The second-order valence-corrected chi connectivity index (χ2v) is 6.68. The van der Waals surface area contributed by atoms with Crippen molar-refractivity contribution in [3.63, 3.8) is 0 Å². The number of rotatable bonds is 15. The van der Waals surface area contributed by atoms with E-state index in [2.05, 4.69) is 24.4 Å². The van der Waals surface area contributed by atoms with Crippen molar-refractivity contribution in [3.05, 3.63) is 42.0 Å². The molecule has 0 heterocycles. The molecule has 0 saturated heterocycles. The Morgan fingerprint density at radius 3 is 2.32 bits per heavy atom. The van der Waals surface area contributed by atoms with Gasteiger partial charge in [0.15, 0.2) is 0 Å². The fraction of sp³-hybridized carbons (Fsp3) is 0.591. The number of carboxylic acid groups (broad SMARTS) is 1. The molecule has 0 unspecified atom stereocenters. The predicted octanol–water partition coefficient (Wildman–Crippen LogP) is 6.20. The van der Waals surface area contributed by atoms with Gasteiger partial charge in [-0.25, -0.2) is 0 Å². The SMILES string of the molecule is CCCCCCCCCC=CCCCNc1ccccc1CC(=O)O. The summed E-state index contributed by atoms with van der Waals surface area (Å²) in [5, 5.41) is 12.3. The van der Waals surface area contributed by atoms with Crippen LogP contribution in [0.3, 0.4) is 0 Å². The Hall–Kier alpha value is -1.77. The Morgan fingerprint density at radius 1 is 0.960 bits per heavy atom. The zero-order valence-electron chi connectivity index (χ0n) is 15.8. The molecule has 0 spiro atoms. The van der Waals surface area contributed by atoms with E-state index >= 15 is 0 Å². The second kappa shape index (κ2) is 14.6. The maximum Gasteiger partial charge on any atom is 0.307 e. The van der Waals surface area contributed by atoms with Crippen LogP contribution in [0.25, 0.3) is 0 Å². The van der Waals surface area contributed by atoms with Gasteiger partial charge in [0.05, 0.1) is 6.42 Å². The van der Waals surface area contributed by atoms with Crippen molar-refractivity contribution in [2.24, 2.45) is 0 Å². The molecule has 0 aliphatic carbocycles. The second-order valence-electron chi connectivity index (χ2n) is 6.68. The van der Waals surface area contributed by atoms with Gasteiger partial charge in [-0.2, -0.15) is 0 Å². The topological polar surface area (TPSA) is 49.3 Å². The van der Waals surface area contributed by atoms with Crippen molar-refractivity contribution in [1.29, 1.82) is 0 Å². The van der Waals surface area contributed by atoms with E-state index in [1.54, 1.807) is 0 Å². The third-order valence-electron chi connectivity index (χ3n) is 4.36. The molecule has 0 aliphatic heterocycles. The molecule has 0 radical (unpaired) electrons. The van der Waals surface area contributed by atoms with E-state index in [1.165, 1.54) is 51.4 Å². The summed E-state index contributed by atoms with van der Waals surface area (Å²) in [6.07, 6.45) is 17.5. The number of hydrogen-bond acceptors (Lipinski definition) is 2. The van der Waals surface area contributed by atoms with Gasteiger partial charge in [0, 0.05) is 12.2 Å². The van der Waals surface area contributed by atoms with E-state index in [4.69, 9.17) is 5.11 Å². The summed E-state index contributed by atoms with van der Waals surface area (Å²) >= 11 is 0. The number of anilines is 1. The summed E-state index contributed by atoms with van der Waals surface area (Å²) < 4.78 is 0. The quantitative estimate of drug-likeness (QED) is 0.294. The molecule has 2 N–H and O–H groups in total. The first-order valence-corrected chi connectivity index (χ1v) is 9.92. The molecule has 25 heavy (non-hydrogen) atoms. The summed E-state index contributed by atoms with van der Waals surface area (Å²) in [7, 11) is 0. The minimum atomic E-state index is -0.789. The van der Waals surface area contributed by atoms with Gasteiger partial charge < -0.3 is 10.4 Å². The highest BCUT2D eigenvalue weighted by molar-refractivity contribution is 5.73. The molecule has 3 heteroatoms. The van der Waals surface area contributed by atoms with E-state index in [-0.39, 0.29) is 6.42 Å². The third kappa shape index (κ3) is 11.4. The van der Waals surface area contributed by atoms with Gasteiger partial charge in [-0.1, -0.05) is 75.8 Å². The van der Waals surface area contributed by atoms with Crippen LogP contribution in [-0.4, -0.2) is 17.6 Å². The van der Waals surface area contributed by atoms with Crippen molar-refractivity contribution in [1.82, 2.24) is 0 Å². The van der Waals surface area contributed by atoms with Crippen LogP contribution in [0, 0.1) is 0 Å². The van der Waals surface area contributed by atoms with Crippen molar-refractivity contribution in [2.75, 3.05) is 11.9 Å². The van der Waals surface area contributed by atoms with Crippen LogP contribution in [0.1, 0.15) is 76.7 Å². The van der Waals surface area contributed by atoms with Crippen LogP contribution in [0.15, 0.2) is 36.4 Å². The number of nitrogens with one attached hydrogen (secondary N) is 1. The predicted molar refractivity (Wildman–Crippen MR) is 107 cm³/mol. The number of para-hydroxylation sites is 1. The standard InChI is InChI=1S/C22H35NO2/c1-2-3-4-5-6-7-8-9-10-11-12-15-18-23-21-17-14-13-16-20(21)19-22(24)25/h10-11,13-14,16-17,23H,2-9,12,15,18-19H2,1H3,(H,24,25). The molecule has 1 aromatic carbocycles. The Morgan fingerprint density at radius 2 is 1.60 bits per heavy atom. The van der Waals surface area contributed by atoms with E-state index in [0.29, 0.717) is 0 Å². The van der Waals surface area contributed by atoms with Crippen LogP contribution in [0.2, 0.25) is 0 Å². The van der Waals surface area contributed by atoms with Crippen molar-refractivity contribution < 1.29 is 9.90 Å². The average molecular weight is 346 g/mol. The molecule has 0 amide bonds. The van der Waals surface area contributed by atoms with Crippen molar-refractivity contribution >= 4 is 11.7 Å². The molecule has 0 fully saturated rings. The van der Waals surface area contributed by atoms with Crippen molar-refractivity contribution in [2.45, 2.75) is 77.6 Å². The fourth-order valence-electron chi connectivity index (χ4n) is 2.91. The molecule has 3 nitrogen and oxygen atoms in total. The lowest BCUT2D eigenvalue weighted by atomic mass is 10.1. The molecule has 140 valence electrons. The lowest BCUT2D eigenvalue weighted by molar-refractivity contribution is -0.136. The molecule has 1 rings (SSSR count). The van der Waals surface area contributed by atoms with E-state index < -0.39 is 5.97 Å². The van der Waals surface area contributed by atoms with Crippen LogP contribution in [-0.2, 0) is 11.2 Å². The Balaban J connectivity index is 2.04. The minimum absolute atomic E-state index is 0.0710. The smallest absolute Gasteiger partial charge is 0.307 e. The first-order valence-electron chi connectivity index (χ1n) is 9.92. The van der Waals surface area contributed by atoms with Gasteiger partial charge in [-0.15, -0.1) is 0 Å². The molecule has 0 atom stereocenters. The van der Waals surface area contributed by atoms with Gasteiger partial charge in [0.25, 0.3) is 0 Å². The summed E-state index contributed by atoms with van der Waals surface area (Å²) in [6.45, 7) is 3.13. The molecule has 1 aromatic rings. The number of unbranched alkanes of at least 4 members (excludes halogenated alkanes) is 8. The average Bonchev–Trinajstić information content (AvgIpc) is 2.60. The van der Waals surface area contributed by atoms with Crippen LogP contribution >= 0.6 is 0 Å². The number of aliphatic carboxylic acids is 1. The summed E-state index contributed by atoms with van der Waals surface area (Å²) in [4.78, 5) is 10.9. The first-order chi connectivity index (χ1) is 12.2. The van der Waals surface area contributed by atoms with Crippen LogP contribution in [0.5, 0.6) is 0 Å². The monoisotopic (exact) mass is 345 g/mol. The molecule has 0 bridgehead atoms. The van der Waals surface area contributed by atoms with E-state index in [0.717, 1.165) is 30.6 Å². The number of hydrogen-bond donors (Lipinski definition) is 2. The molecule has 0 saturated carbocycles. The number of carboxylic acids is 1. The summed E-state index contributed by atoms with van der Waals surface area (Å²) in [5.41, 5.74) is 1.79. The maximum absolute atomic E-state index is 10.9. The van der Waals surface area contributed by atoms with Crippen molar-refractivity contribution in [3.8, 4) is 0 Å². The van der Waals surface area contributed by atoms with E-state index in [1.807, 2.05) is 24.3 Å². The summed E-state index contributed by atoms with van der Waals surface area (Å²) in [5.74, 6) is -0.789. The fourth-order valence-corrected chi connectivity index (χ4v) is 2.91. The zero-order valence-corrected chi connectivity index (χ0v) is 15.8. The minimum Gasteiger partial charge on any atom is -0.481 e. The highest BCUT2D eigenvalue weighted by atomic mass is 16.4. The van der Waals surface area contributed by atoms with E-state index in [9.17, 15) is 4.79 Å².